The Bertz CT molecular complexity index is 566. The normalized spacial score (nSPS) is 19.3. The molecule has 0 radical (unpaired) electrons. The largest absolute Gasteiger partial charge is 0.395 e. The van der Waals surface area contributed by atoms with E-state index in [1.807, 2.05) is 0 Å². The van der Waals surface area contributed by atoms with Crippen molar-refractivity contribution in [2.75, 3.05) is 19.7 Å². The zero-order valence-corrected chi connectivity index (χ0v) is 17.4. The van der Waals surface area contributed by atoms with Gasteiger partial charge < -0.3 is 10.0 Å². The van der Waals surface area contributed by atoms with Crippen LogP contribution in [0.5, 0.6) is 0 Å². The van der Waals surface area contributed by atoms with Crippen molar-refractivity contribution >= 4 is 17.2 Å². The average molecular weight is 394 g/mol. The molecular formula is C20H35N5OS. The van der Waals surface area contributed by atoms with Gasteiger partial charge in [0.15, 0.2) is 5.82 Å². The van der Waals surface area contributed by atoms with Crippen molar-refractivity contribution < 1.29 is 5.11 Å². The minimum atomic E-state index is 0.173. The van der Waals surface area contributed by atoms with Crippen LogP contribution in [-0.2, 0) is 6.42 Å². The summed E-state index contributed by atoms with van der Waals surface area (Å²) in [5.41, 5.74) is 0. The molecule has 0 aliphatic heterocycles. The van der Waals surface area contributed by atoms with E-state index in [9.17, 15) is 5.11 Å². The van der Waals surface area contributed by atoms with E-state index in [0.29, 0.717) is 12.6 Å². The summed E-state index contributed by atoms with van der Waals surface area (Å²) in [5, 5.41) is 21.9. The molecule has 7 heteroatoms. The second-order valence-corrected chi connectivity index (χ2v) is 8.72. The summed E-state index contributed by atoms with van der Waals surface area (Å²) in [6, 6.07) is 0.480. The predicted octanol–water partition coefficient (Wildman–Crippen LogP) is 3.70. The maximum absolute atomic E-state index is 9.44. The molecule has 1 aromatic rings. The average Bonchev–Trinajstić information content (AvgIpc) is 3.17. The third-order valence-electron chi connectivity index (χ3n) is 6.20. The van der Waals surface area contributed by atoms with E-state index in [1.54, 1.807) is 0 Å². The predicted molar refractivity (Wildman–Crippen MR) is 111 cm³/mol. The first-order valence-corrected chi connectivity index (χ1v) is 11.3. The Morgan fingerprint density at radius 1 is 1.07 bits per heavy atom. The SMILES string of the molecule is OCCN(CC1CCCCC1)C(=S)CCCc1nnnn1C1CCCCC1. The Labute approximate surface area is 168 Å². The minimum Gasteiger partial charge on any atom is -0.395 e. The van der Waals surface area contributed by atoms with E-state index in [2.05, 4.69) is 25.1 Å². The molecule has 2 saturated carbocycles. The van der Waals surface area contributed by atoms with E-state index >= 15 is 0 Å². The summed E-state index contributed by atoms with van der Waals surface area (Å²) in [6.07, 6.45) is 15.7. The fourth-order valence-electron chi connectivity index (χ4n) is 4.66. The summed E-state index contributed by atoms with van der Waals surface area (Å²) < 4.78 is 2.07. The standard InChI is InChI=1S/C20H35N5OS/c26-15-14-24(16-17-8-3-1-4-9-17)20(27)13-7-12-19-21-22-23-25(19)18-10-5-2-6-11-18/h17-18,26H,1-16H2. The van der Waals surface area contributed by atoms with Gasteiger partial charge in [0.25, 0.3) is 0 Å². The number of nitrogens with zero attached hydrogens (tertiary/aromatic N) is 5. The maximum atomic E-state index is 9.44. The van der Waals surface area contributed by atoms with Gasteiger partial charge in [-0.1, -0.05) is 50.7 Å². The van der Waals surface area contributed by atoms with E-state index < -0.39 is 0 Å². The number of rotatable bonds is 9. The quantitative estimate of drug-likeness (QED) is 0.645. The zero-order valence-electron chi connectivity index (χ0n) is 16.6. The van der Waals surface area contributed by atoms with Crippen molar-refractivity contribution in [3.8, 4) is 0 Å². The molecule has 1 aromatic heterocycles. The summed E-state index contributed by atoms with van der Waals surface area (Å²) in [4.78, 5) is 3.24. The van der Waals surface area contributed by atoms with Crippen LogP contribution in [0.1, 0.15) is 88.9 Å². The smallest absolute Gasteiger partial charge is 0.151 e. The molecule has 2 aliphatic rings. The number of aliphatic hydroxyl groups excluding tert-OH is 1. The molecule has 3 rings (SSSR count). The molecule has 0 aromatic carbocycles. The Balaban J connectivity index is 1.46. The molecule has 0 bridgehead atoms. The van der Waals surface area contributed by atoms with Gasteiger partial charge in [0.05, 0.1) is 17.6 Å². The van der Waals surface area contributed by atoms with E-state index in [1.165, 1.54) is 64.2 Å². The lowest BCUT2D eigenvalue weighted by atomic mass is 9.89. The van der Waals surface area contributed by atoms with Gasteiger partial charge in [-0.05, 0) is 54.9 Å². The first-order chi connectivity index (χ1) is 13.3. The van der Waals surface area contributed by atoms with Crippen molar-refractivity contribution in [2.24, 2.45) is 5.92 Å². The van der Waals surface area contributed by atoms with Gasteiger partial charge in [-0.15, -0.1) is 5.10 Å². The van der Waals surface area contributed by atoms with Crippen molar-refractivity contribution in [1.29, 1.82) is 0 Å². The Morgan fingerprint density at radius 3 is 2.48 bits per heavy atom. The molecule has 0 unspecified atom stereocenters. The van der Waals surface area contributed by atoms with Gasteiger partial charge in [-0.3, -0.25) is 0 Å². The third kappa shape index (κ3) is 6.21. The monoisotopic (exact) mass is 393 g/mol. The van der Waals surface area contributed by atoms with Crippen molar-refractivity contribution in [2.45, 2.75) is 89.5 Å². The molecule has 27 heavy (non-hydrogen) atoms. The Hall–Kier alpha value is -1.08. The molecule has 6 nitrogen and oxygen atoms in total. The van der Waals surface area contributed by atoms with E-state index in [0.717, 1.165) is 42.5 Å². The lowest BCUT2D eigenvalue weighted by Gasteiger charge is -2.31. The van der Waals surface area contributed by atoms with Crippen LogP contribution in [0.25, 0.3) is 0 Å². The first kappa shape index (κ1) is 20.6. The van der Waals surface area contributed by atoms with E-state index in [4.69, 9.17) is 12.2 Å². The number of tetrazole rings is 1. The summed E-state index contributed by atoms with van der Waals surface area (Å²) in [5.74, 6) is 1.74. The molecule has 0 spiro atoms. The van der Waals surface area contributed by atoms with Crippen LogP contribution in [-0.4, -0.2) is 54.9 Å². The summed E-state index contributed by atoms with van der Waals surface area (Å²) in [7, 11) is 0. The van der Waals surface area contributed by atoms with Crippen LogP contribution in [0.3, 0.4) is 0 Å². The highest BCUT2D eigenvalue weighted by atomic mass is 32.1. The van der Waals surface area contributed by atoms with Gasteiger partial charge in [-0.2, -0.15) is 0 Å². The summed E-state index contributed by atoms with van der Waals surface area (Å²) >= 11 is 5.72. The van der Waals surface area contributed by atoms with Gasteiger partial charge in [-0.25, -0.2) is 4.68 Å². The molecule has 0 amide bonds. The fourth-order valence-corrected chi connectivity index (χ4v) is 4.97. The van der Waals surface area contributed by atoms with Gasteiger partial charge in [0.2, 0.25) is 0 Å². The molecule has 1 heterocycles. The number of aromatic nitrogens is 4. The number of thiocarbonyl (C=S) groups is 1. The molecule has 1 N–H and O–H groups in total. The minimum absolute atomic E-state index is 0.173. The molecular weight excluding hydrogens is 358 g/mol. The Kier molecular flexibility index (Phi) is 8.45. The summed E-state index contributed by atoms with van der Waals surface area (Å²) in [6.45, 7) is 1.85. The lowest BCUT2D eigenvalue weighted by molar-refractivity contribution is 0.217. The van der Waals surface area contributed by atoms with Crippen LogP contribution in [0, 0.1) is 5.92 Å². The number of aliphatic hydroxyl groups is 1. The van der Waals surface area contributed by atoms with Crippen LogP contribution >= 0.6 is 12.2 Å². The van der Waals surface area contributed by atoms with Crippen molar-refractivity contribution in [3.63, 3.8) is 0 Å². The molecule has 0 atom stereocenters. The topological polar surface area (TPSA) is 67.1 Å². The van der Waals surface area contributed by atoms with Crippen LogP contribution < -0.4 is 0 Å². The van der Waals surface area contributed by atoms with Gasteiger partial charge in [0.1, 0.15) is 0 Å². The van der Waals surface area contributed by atoms with Crippen LogP contribution in [0.15, 0.2) is 0 Å². The first-order valence-electron chi connectivity index (χ1n) is 10.9. The van der Waals surface area contributed by atoms with Crippen molar-refractivity contribution in [3.05, 3.63) is 5.82 Å². The Morgan fingerprint density at radius 2 is 1.78 bits per heavy atom. The molecule has 2 aliphatic carbocycles. The van der Waals surface area contributed by atoms with Crippen LogP contribution in [0.2, 0.25) is 0 Å². The molecule has 2 fully saturated rings. The highest BCUT2D eigenvalue weighted by molar-refractivity contribution is 7.80. The molecule has 0 saturated heterocycles. The third-order valence-corrected chi connectivity index (χ3v) is 6.66. The number of hydrogen-bond donors (Lipinski definition) is 1. The number of hydrogen-bond acceptors (Lipinski definition) is 5. The highest BCUT2D eigenvalue weighted by Crippen LogP contribution is 2.28. The van der Waals surface area contributed by atoms with E-state index in [-0.39, 0.29) is 6.61 Å². The fraction of sp³-hybridized carbons (Fsp3) is 0.900. The van der Waals surface area contributed by atoms with Crippen LogP contribution in [0.4, 0.5) is 0 Å². The lowest BCUT2D eigenvalue weighted by Crippen LogP contribution is -2.37. The maximum Gasteiger partial charge on any atom is 0.151 e. The van der Waals surface area contributed by atoms with Gasteiger partial charge in [0, 0.05) is 19.5 Å². The molecule has 152 valence electrons. The van der Waals surface area contributed by atoms with Gasteiger partial charge >= 0.3 is 0 Å². The second-order valence-electron chi connectivity index (χ2n) is 8.25. The highest BCUT2D eigenvalue weighted by Gasteiger charge is 2.21. The number of aryl methyl sites for hydroxylation is 1. The second kappa shape index (κ2) is 11.1. The zero-order chi connectivity index (χ0) is 18.9. The van der Waals surface area contributed by atoms with Crippen molar-refractivity contribution in [1.82, 2.24) is 25.1 Å².